The number of benzene rings is 3. The normalized spacial score (nSPS) is 19.9. The lowest BCUT2D eigenvalue weighted by Gasteiger charge is -2.26. The molecular weight excluding hydrogens is 568 g/mol. The molecule has 0 aromatic heterocycles. The minimum atomic E-state index is -1.48. The van der Waals surface area contributed by atoms with Crippen molar-refractivity contribution in [3.8, 4) is 5.75 Å². The number of esters is 1. The van der Waals surface area contributed by atoms with Crippen LogP contribution in [0.3, 0.4) is 0 Å². The maximum absolute atomic E-state index is 13.7. The molecule has 3 aromatic carbocycles. The fourth-order valence-corrected chi connectivity index (χ4v) is 5.10. The highest BCUT2D eigenvalue weighted by Crippen LogP contribution is 2.18. The van der Waals surface area contributed by atoms with Crippen molar-refractivity contribution in [2.75, 3.05) is 26.7 Å². The Morgan fingerprint density at radius 3 is 2.48 bits per heavy atom. The molecule has 12 heteroatoms. The maximum atomic E-state index is 13.7. The molecule has 1 unspecified atom stereocenters. The average molecular weight is 601 g/mol. The van der Waals surface area contributed by atoms with Crippen molar-refractivity contribution in [2.24, 2.45) is 0 Å². The predicted molar refractivity (Wildman–Crippen MR) is 158 cm³/mol. The smallest absolute Gasteiger partial charge is 0.310 e. The van der Waals surface area contributed by atoms with Gasteiger partial charge in [-0.1, -0.05) is 42.5 Å². The van der Waals surface area contributed by atoms with E-state index in [1.807, 2.05) is 30.3 Å². The third kappa shape index (κ3) is 7.21. The molecule has 0 saturated carbocycles. The van der Waals surface area contributed by atoms with E-state index in [1.165, 1.54) is 12.0 Å². The van der Waals surface area contributed by atoms with Gasteiger partial charge in [-0.15, -0.1) is 0 Å². The van der Waals surface area contributed by atoms with Gasteiger partial charge in [-0.2, -0.15) is 0 Å². The van der Waals surface area contributed by atoms with Gasteiger partial charge >= 0.3 is 5.97 Å². The van der Waals surface area contributed by atoms with E-state index in [4.69, 9.17) is 4.74 Å². The van der Waals surface area contributed by atoms with Gasteiger partial charge in [0.1, 0.15) is 17.8 Å². The van der Waals surface area contributed by atoms with Crippen molar-refractivity contribution < 1.29 is 38.6 Å². The van der Waals surface area contributed by atoms with Gasteiger partial charge in [0, 0.05) is 24.2 Å². The number of hydrogen-bond acceptors (Lipinski definition) is 8. The highest BCUT2D eigenvalue weighted by molar-refractivity contribution is 6.01. The van der Waals surface area contributed by atoms with Crippen molar-refractivity contribution in [3.63, 3.8) is 0 Å². The Morgan fingerprint density at radius 1 is 0.955 bits per heavy atom. The first-order valence-corrected chi connectivity index (χ1v) is 14.1. The largest absolute Gasteiger partial charge is 0.497 e. The van der Waals surface area contributed by atoms with E-state index in [-0.39, 0.29) is 31.8 Å². The Bertz CT molecular complexity index is 1640. The van der Waals surface area contributed by atoms with Gasteiger partial charge < -0.3 is 35.4 Å². The predicted octanol–water partition coefficient (Wildman–Crippen LogP) is 1.29. The standard InChI is InChI=1S/C32H32N4O8/c1-43-24-8-4-7-22(14-24)29(39)33-16-19-9-12-25(35-30(40)23-11-10-20-5-2-3-6-21(20)13-23)31(41)36(17-19)18-27(37)34-26-15-28(38)44-32(26)42/h2-11,13-14,25-26,32,42H,12,15-18H2,1H3,(H,33,39)(H,34,37)(H,35,40)/t25-,26-,32?/m0/s1. The zero-order valence-electron chi connectivity index (χ0n) is 23.9. The van der Waals surface area contributed by atoms with E-state index < -0.39 is 48.6 Å². The van der Waals surface area contributed by atoms with Crippen LogP contribution in [0.5, 0.6) is 5.75 Å². The monoisotopic (exact) mass is 600 g/mol. The van der Waals surface area contributed by atoms with E-state index in [0.29, 0.717) is 22.4 Å². The number of aliphatic hydroxyl groups is 1. The number of methoxy groups -OCH3 is 1. The number of aliphatic hydroxyl groups excluding tert-OH is 1. The second-order valence-corrected chi connectivity index (χ2v) is 10.6. The molecule has 0 aliphatic carbocycles. The number of hydrogen-bond donors (Lipinski definition) is 4. The maximum Gasteiger partial charge on any atom is 0.310 e. The number of ether oxygens (including phenoxy) is 2. The lowest BCUT2D eigenvalue weighted by atomic mass is 10.1. The fourth-order valence-electron chi connectivity index (χ4n) is 5.10. The van der Waals surface area contributed by atoms with Crippen molar-refractivity contribution in [1.29, 1.82) is 0 Å². The van der Waals surface area contributed by atoms with Crippen LogP contribution in [0.1, 0.15) is 33.6 Å². The van der Waals surface area contributed by atoms with Crippen LogP contribution in [-0.2, 0) is 19.1 Å². The summed E-state index contributed by atoms with van der Waals surface area (Å²) in [6.45, 7) is -0.341. The Hall–Kier alpha value is -5.23. The molecule has 0 bridgehead atoms. The number of nitrogens with zero attached hydrogens (tertiary/aromatic N) is 1. The third-order valence-corrected chi connectivity index (χ3v) is 7.43. The molecular formula is C32H32N4O8. The van der Waals surface area contributed by atoms with Crippen LogP contribution in [0.4, 0.5) is 0 Å². The van der Waals surface area contributed by atoms with E-state index in [2.05, 4.69) is 20.7 Å². The third-order valence-electron chi connectivity index (χ3n) is 7.43. The molecule has 3 aromatic rings. The van der Waals surface area contributed by atoms with Gasteiger partial charge in [0.25, 0.3) is 11.8 Å². The van der Waals surface area contributed by atoms with Crippen LogP contribution in [0, 0.1) is 0 Å². The van der Waals surface area contributed by atoms with Gasteiger partial charge in [0.15, 0.2) is 0 Å². The SMILES string of the molecule is COc1cccc(C(=O)NCC2=CC[C@H](NC(=O)c3ccc4ccccc4c3)C(=O)N(CC(=O)N[C@H]3CC(=O)OC3O)C2)c1. The number of fused-ring (bicyclic) bond motifs is 1. The highest BCUT2D eigenvalue weighted by Gasteiger charge is 2.36. The number of cyclic esters (lactones) is 1. The van der Waals surface area contributed by atoms with Crippen molar-refractivity contribution in [3.05, 3.63) is 89.5 Å². The van der Waals surface area contributed by atoms with Crippen LogP contribution in [0.25, 0.3) is 10.8 Å². The number of carbonyl (C=O) groups is 5. The minimum Gasteiger partial charge on any atom is -0.497 e. The molecule has 0 spiro atoms. The van der Waals surface area contributed by atoms with Crippen molar-refractivity contribution in [2.45, 2.75) is 31.2 Å². The van der Waals surface area contributed by atoms with E-state index >= 15 is 0 Å². The Morgan fingerprint density at radius 2 is 1.73 bits per heavy atom. The van der Waals surface area contributed by atoms with Crippen LogP contribution in [0.2, 0.25) is 0 Å². The summed E-state index contributed by atoms with van der Waals surface area (Å²) >= 11 is 0. The first kappa shape index (κ1) is 30.2. The first-order chi connectivity index (χ1) is 21.2. The second-order valence-electron chi connectivity index (χ2n) is 10.6. The summed E-state index contributed by atoms with van der Waals surface area (Å²) in [7, 11) is 1.50. The fraction of sp³-hybridized carbons (Fsp3) is 0.281. The van der Waals surface area contributed by atoms with Gasteiger partial charge in [-0.05, 0) is 53.1 Å². The van der Waals surface area contributed by atoms with Crippen LogP contribution < -0.4 is 20.7 Å². The summed E-state index contributed by atoms with van der Waals surface area (Å²) < 4.78 is 9.86. The molecule has 44 heavy (non-hydrogen) atoms. The quantitative estimate of drug-likeness (QED) is 0.211. The van der Waals surface area contributed by atoms with Gasteiger partial charge in [0.2, 0.25) is 18.1 Å². The van der Waals surface area contributed by atoms with Crippen molar-refractivity contribution in [1.82, 2.24) is 20.9 Å². The molecule has 5 rings (SSSR count). The molecule has 2 aliphatic rings. The molecule has 4 amide bonds. The highest BCUT2D eigenvalue weighted by atomic mass is 16.6. The summed E-state index contributed by atoms with van der Waals surface area (Å²) in [6, 6.07) is 17.5. The molecule has 4 N–H and O–H groups in total. The molecule has 3 atom stereocenters. The Balaban J connectivity index is 1.31. The van der Waals surface area contributed by atoms with E-state index in [1.54, 1.807) is 42.5 Å². The van der Waals surface area contributed by atoms with E-state index in [9.17, 15) is 29.1 Å². The topological polar surface area (TPSA) is 163 Å². The van der Waals surface area contributed by atoms with Gasteiger partial charge in [-0.25, -0.2) is 0 Å². The molecule has 2 aliphatic heterocycles. The summed E-state index contributed by atoms with van der Waals surface area (Å²) in [4.78, 5) is 65.4. The molecule has 2 heterocycles. The molecule has 228 valence electrons. The van der Waals surface area contributed by atoms with E-state index in [0.717, 1.165) is 10.8 Å². The number of rotatable bonds is 9. The summed E-state index contributed by atoms with van der Waals surface area (Å²) in [5, 5.41) is 19.9. The Labute approximate surface area is 253 Å². The molecule has 0 radical (unpaired) electrons. The van der Waals surface area contributed by atoms with Gasteiger partial charge in [0.05, 0.1) is 20.1 Å². The van der Waals surface area contributed by atoms with Gasteiger partial charge in [-0.3, -0.25) is 24.0 Å². The molecule has 1 saturated heterocycles. The first-order valence-electron chi connectivity index (χ1n) is 14.1. The summed E-state index contributed by atoms with van der Waals surface area (Å²) in [5.41, 5.74) is 1.40. The molecule has 1 fully saturated rings. The zero-order valence-corrected chi connectivity index (χ0v) is 23.9. The van der Waals surface area contributed by atoms with Crippen LogP contribution in [0.15, 0.2) is 78.4 Å². The average Bonchev–Trinajstić information content (AvgIpc) is 3.27. The Kier molecular flexibility index (Phi) is 9.20. The number of nitrogens with one attached hydrogen (secondary N) is 3. The zero-order chi connectivity index (χ0) is 31.2. The minimum absolute atomic E-state index is 0.00433. The molecule has 12 nitrogen and oxygen atoms in total. The summed E-state index contributed by atoms with van der Waals surface area (Å²) in [6.07, 6.45) is 0.208. The number of carbonyl (C=O) groups excluding carboxylic acids is 5. The summed E-state index contributed by atoms with van der Waals surface area (Å²) in [5.74, 6) is -2.06. The van der Waals surface area contributed by atoms with Crippen LogP contribution >= 0.6 is 0 Å². The number of amides is 4. The lowest BCUT2D eigenvalue weighted by molar-refractivity contribution is -0.155. The van der Waals surface area contributed by atoms with Crippen LogP contribution in [-0.4, -0.2) is 84.7 Å². The second kappa shape index (κ2) is 13.4. The van der Waals surface area contributed by atoms with Crippen molar-refractivity contribution >= 4 is 40.4 Å². The lowest BCUT2D eigenvalue weighted by Crippen LogP contribution is -2.52.